The van der Waals surface area contributed by atoms with E-state index in [1.54, 1.807) is 6.07 Å². The fourth-order valence-corrected chi connectivity index (χ4v) is 1.61. The summed E-state index contributed by atoms with van der Waals surface area (Å²) in [6.45, 7) is 2.88. The van der Waals surface area contributed by atoms with Gasteiger partial charge in [0.1, 0.15) is 5.82 Å². The number of aromatic nitrogens is 1. The van der Waals surface area contributed by atoms with Crippen LogP contribution in [-0.4, -0.2) is 24.6 Å². The Hall–Kier alpha value is -1.00. The van der Waals surface area contributed by atoms with E-state index in [2.05, 4.69) is 15.6 Å². The first-order valence-electron chi connectivity index (χ1n) is 4.92. The van der Waals surface area contributed by atoms with Crippen molar-refractivity contribution in [1.82, 2.24) is 15.6 Å². The predicted octanol–water partition coefficient (Wildman–Crippen LogP) is 0.845. The Labute approximate surface area is 82.7 Å². The zero-order valence-electron chi connectivity index (χ0n) is 7.96. The number of hydrogen-bond acceptors (Lipinski definition) is 3. The van der Waals surface area contributed by atoms with Crippen LogP contribution in [0.25, 0.3) is 0 Å². The molecule has 1 atom stereocenters. The summed E-state index contributed by atoms with van der Waals surface area (Å²) in [5.74, 6) is -0.282. The quantitative estimate of drug-likeness (QED) is 0.697. The van der Waals surface area contributed by atoms with Crippen molar-refractivity contribution in [3.63, 3.8) is 0 Å². The molecule has 76 valence electrons. The monoisotopic (exact) mass is 195 g/mol. The lowest BCUT2D eigenvalue weighted by Gasteiger charge is -2.14. The summed E-state index contributed by atoms with van der Waals surface area (Å²) < 4.78 is 12.6. The van der Waals surface area contributed by atoms with Crippen molar-refractivity contribution in [3.05, 3.63) is 29.8 Å². The fourth-order valence-electron chi connectivity index (χ4n) is 1.61. The first kappa shape index (κ1) is 9.55. The topological polar surface area (TPSA) is 37.0 Å². The van der Waals surface area contributed by atoms with Crippen LogP contribution in [0, 0.1) is 5.82 Å². The van der Waals surface area contributed by atoms with Crippen molar-refractivity contribution in [2.24, 2.45) is 0 Å². The Kier molecular flexibility index (Phi) is 3.06. The van der Waals surface area contributed by atoms with Gasteiger partial charge < -0.3 is 10.6 Å². The first-order valence-corrected chi connectivity index (χ1v) is 4.92. The van der Waals surface area contributed by atoms with Crippen molar-refractivity contribution < 1.29 is 4.39 Å². The van der Waals surface area contributed by atoms with Crippen molar-refractivity contribution in [3.8, 4) is 0 Å². The molecule has 0 aliphatic carbocycles. The van der Waals surface area contributed by atoms with Gasteiger partial charge in [0.05, 0.1) is 17.9 Å². The molecular formula is C10H14FN3. The summed E-state index contributed by atoms with van der Waals surface area (Å²) in [6.07, 6.45) is 2.39. The van der Waals surface area contributed by atoms with Crippen LogP contribution in [0.15, 0.2) is 18.3 Å². The fraction of sp³-hybridized carbons (Fsp3) is 0.500. The van der Waals surface area contributed by atoms with Gasteiger partial charge in [-0.2, -0.15) is 0 Å². The van der Waals surface area contributed by atoms with E-state index in [-0.39, 0.29) is 11.9 Å². The van der Waals surface area contributed by atoms with Crippen molar-refractivity contribution in [2.75, 3.05) is 19.6 Å². The summed E-state index contributed by atoms with van der Waals surface area (Å²) in [5, 5.41) is 6.68. The van der Waals surface area contributed by atoms with Crippen LogP contribution in [0.2, 0.25) is 0 Å². The molecule has 1 fully saturated rings. The maximum atomic E-state index is 12.6. The highest BCUT2D eigenvalue weighted by Crippen LogP contribution is 2.10. The van der Waals surface area contributed by atoms with Crippen LogP contribution in [0.5, 0.6) is 0 Å². The van der Waals surface area contributed by atoms with Crippen LogP contribution in [0.3, 0.4) is 0 Å². The Morgan fingerprint density at radius 3 is 3.07 bits per heavy atom. The maximum Gasteiger partial charge on any atom is 0.141 e. The Balaban J connectivity index is 2.08. The predicted molar refractivity (Wildman–Crippen MR) is 52.4 cm³/mol. The van der Waals surface area contributed by atoms with Crippen LogP contribution in [0.4, 0.5) is 4.39 Å². The Morgan fingerprint density at radius 2 is 2.29 bits per heavy atom. The minimum atomic E-state index is -0.282. The molecule has 1 aromatic heterocycles. The second-order valence-corrected chi connectivity index (χ2v) is 3.47. The molecule has 0 radical (unpaired) electrons. The molecule has 2 heterocycles. The van der Waals surface area contributed by atoms with E-state index < -0.39 is 0 Å². The van der Waals surface area contributed by atoms with Gasteiger partial charge in [0, 0.05) is 6.54 Å². The molecule has 1 aromatic rings. The zero-order valence-corrected chi connectivity index (χ0v) is 7.96. The lowest BCUT2D eigenvalue weighted by molar-refractivity contribution is 0.535. The smallest absolute Gasteiger partial charge is 0.141 e. The standard InChI is InChI=1S/C10H14FN3/c11-8-2-3-9(14-6-8)10-7-12-4-1-5-13-10/h2-3,6,10,12-13H,1,4-5,7H2. The molecule has 1 aliphatic heterocycles. The van der Waals surface area contributed by atoms with Crippen LogP contribution in [0.1, 0.15) is 18.2 Å². The van der Waals surface area contributed by atoms with Gasteiger partial charge in [-0.1, -0.05) is 0 Å². The normalized spacial score (nSPS) is 23.1. The minimum Gasteiger partial charge on any atom is -0.315 e. The van der Waals surface area contributed by atoms with Crippen molar-refractivity contribution in [2.45, 2.75) is 12.5 Å². The van der Waals surface area contributed by atoms with Crippen LogP contribution in [-0.2, 0) is 0 Å². The summed E-state index contributed by atoms with van der Waals surface area (Å²) in [5.41, 5.74) is 0.904. The molecule has 1 aliphatic rings. The summed E-state index contributed by atoms with van der Waals surface area (Å²) in [6, 6.07) is 3.40. The largest absolute Gasteiger partial charge is 0.315 e. The number of pyridine rings is 1. The molecule has 0 spiro atoms. The molecule has 0 saturated carbocycles. The van der Waals surface area contributed by atoms with Gasteiger partial charge in [-0.25, -0.2) is 4.39 Å². The second-order valence-electron chi connectivity index (χ2n) is 3.47. The lowest BCUT2D eigenvalue weighted by atomic mass is 10.2. The number of nitrogens with one attached hydrogen (secondary N) is 2. The van der Waals surface area contributed by atoms with E-state index in [9.17, 15) is 4.39 Å². The molecule has 2 N–H and O–H groups in total. The second kappa shape index (κ2) is 4.48. The van der Waals surface area contributed by atoms with Gasteiger partial charge in [-0.3, -0.25) is 4.98 Å². The molecule has 0 bridgehead atoms. The van der Waals surface area contributed by atoms with Gasteiger partial charge in [0.25, 0.3) is 0 Å². The molecule has 14 heavy (non-hydrogen) atoms. The Bertz CT molecular complexity index is 278. The number of rotatable bonds is 1. The third kappa shape index (κ3) is 2.27. The van der Waals surface area contributed by atoms with Gasteiger partial charge in [0.15, 0.2) is 0 Å². The summed E-state index contributed by atoms with van der Waals surface area (Å²) in [7, 11) is 0. The van der Waals surface area contributed by atoms with E-state index in [1.165, 1.54) is 12.3 Å². The molecule has 2 rings (SSSR count). The molecule has 0 amide bonds. The summed E-state index contributed by atoms with van der Waals surface area (Å²) in [4.78, 5) is 4.07. The SMILES string of the molecule is Fc1ccc(C2CNCCCN2)nc1. The van der Waals surface area contributed by atoms with Gasteiger partial charge in [-0.05, 0) is 31.6 Å². The number of nitrogens with zero attached hydrogens (tertiary/aromatic N) is 1. The molecule has 1 saturated heterocycles. The highest BCUT2D eigenvalue weighted by molar-refractivity contribution is 5.10. The van der Waals surface area contributed by atoms with E-state index in [0.29, 0.717) is 0 Å². The molecule has 0 aromatic carbocycles. The molecule has 3 nitrogen and oxygen atoms in total. The highest BCUT2D eigenvalue weighted by atomic mass is 19.1. The molecule has 4 heteroatoms. The highest BCUT2D eigenvalue weighted by Gasteiger charge is 2.13. The maximum absolute atomic E-state index is 12.6. The van der Waals surface area contributed by atoms with E-state index in [0.717, 1.165) is 31.7 Å². The van der Waals surface area contributed by atoms with Crippen molar-refractivity contribution >= 4 is 0 Å². The van der Waals surface area contributed by atoms with Crippen molar-refractivity contribution in [1.29, 1.82) is 0 Å². The van der Waals surface area contributed by atoms with Gasteiger partial charge in [0.2, 0.25) is 0 Å². The lowest BCUT2D eigenvalue weighted by Crippen LogP contribution is -2.28. The van der Waals surface area contributed by atoms with Gasteiger partial charge in [-0.15, -0.1) is 0 Å². The molecular weight excluding hydrogens is 181 g/mol. The summed E-state index contributed by atoms with van der Waals surface area (Å²) >= 11 is 0. The zero-order chi connectivity index (χ0) is 9.80. The molecule has 1 unspecified atom stereocenters. The van der Waals surface area contributed by atoms with Crippen LogP contribution >= 0.6 is 0 Å². The van der Waals surface area contributed by atoms with E-state index >= 15 is 0 Å². The average Bonchev–Trinajstić information content (AvgIpc) is 2.47. The minimum absolute atomic E-state index is 0.207. The number of halogens is 1. The Morgan fingerprint density at radius 1 is 1.36 bits per heavy atom. The third-order valence-electron chi connectivity index (χ3n) is 2.38. The average molecular weight is 195 g/mol. The van der Waals surface area contributed by atoms with E-state index in [1.807, 2.05) is 0 Å². The van der Waals surface area contributed by atoms with E-state index in [4.69, 9.17) is 0 Å². The van der Waals surface area contributed by atoms with Gasteiger partial charge >= 0.3 is 0 Å². The first-order chi connectivity index (χ1) is 6.86. The third-order valence-corrected chi connectivity index (χ3v) is 2.38. The van der Waals surface area contributed by atoms with Crippen LogP contribution < -0.4 is 10.6 Å². The number of hydrogen-bond donors (Lipinski definition) is 2.